The van der Waals surface area contributed by atoms with E-state index in [-0.39, 0.29) is 23.4 Å². The molecule has 0 heterocycles. The molecule has 1 aromatic carbocycles. The molecule has 0 aliphatic heterocycles. The lowest BCUT2D eigenvalue weighted by Crippen LogP contribution is -2.13. The van der Waals surface area contributed by atoms with E-state index in [0.29, 0.717) is 25.2 Å². The standard InChI is InChI=1S/C33H56O5/c1-4-7-10-13-16-19-22-28-36-29-24-23-25-30(37-31(34)26-20-17-14-11-8-5-2)33(29)38-32(35)27-21-18-15-12-9-6-3/h23-25H,4-22,26-28H2,1-3H3. The van der Waals surface area contributed by atoms with Crippen LogP contribution >= 0.6 is 0 Å². The molecule has 0 aliphatic carbocycles. The number of hydrogen-bond acceptors (Lipinski definition) is 5. The first-order valence-electron chi connectivity index (χ1n) is 15.8. The second kappa shape index (κ2) is 24.0. The van der Waals surface area contributed by atoms with Gasteiger partial charge in [0.1, 0.15) is 0 Å². The van der Waals surface area contributed by atoms with Crippen LogP contribution in [0.25, 0.3) is 0 Å². The fourth-order valence-corrected chi connectivity index (χ4v) is 4.47. The molecule has 38 heavy (non-hydrogen) atoms. The number of hydrogen-bond donors (Lipinski definition) is 0. The second-order valence-electron chi connectivity index (χ2n) is 10.5. The van der Waals surface area contributed by atoms with Crippen molar-refractivity contribution in [1.29, 1.82) is 0 Å². The lowest BCUT2D eigenvalue weighted by atomic mass is 10.1. The van der Waals surface area contributed by atoms with Crippen molar-refractivity contribution in [3.8, 4) is 17.2 Å². The Morgan fingerprint density at radius 2 is 0.947 bits per heavy atom. The van der Waals surface area contributed by atoms with E-state index in [1.165, 1.54) is 70.6 Å². The molecular weight excluding hydrogens is 476 g/mol. The average molecular weight is 533 g/mol. The van der Waals surface area contributed by atoms with Gasteiger partial charge in [0.05, 0.1) is 6.61 Å². The van der Waals surface area contributed by atoms with Crippen LogP contribution in [0.15, 0.2) is 18.2 Å². The van der Waals surface area contributed by atoms with E-state index >= 15 is 0 Å². The maximum atomic E-state index is 12.7. The van der Waals surface area contributed by atoms with E-state index in [1.807, 2.05) is 0 Å². The molecule has 218 valence electrons. The normalized spacial score (nSPS) is 10.9. The molecule has 0 bridgehead atoms. The molecule has 0 atom stereocenters. The molecule has 0 radical (unpaired) electrons. The lowest BCUT2D eigenvalue weighted by Gasteiger charge is -2.15. The summed E-state index contributed by atoms with van der Waals surface area (Å²) in [5.74, 6) is 0.382. The third-order valence-corrected chi connectivity index (χ3v) is 6.86. The molecule has 0 amide bonds. The Bertz CT molecular complexity index is 730. The van der Waals surface area contributed by atoms with Gasteiger partial charge in [0.2, 0.25) is 5.75 Å². The van der Waals surface area contributed by atoms with Crippen LogP contribution in [0.2, 0.25) is 0 Å². The van der Waals surface area contributed by atoms with E-state index < -0.39 is 0 Å². The summed E-state index contributed by atoms with van der Waals surface area (Å²) in [6, 6.07) is 5.27. The first kappa shape index (κ1) is 34.0. The van der Waals surface area contributed by atoms with Gasteiger partial charge in [-0.05, 0) is 31.4 Å². The highest BCUT2D eigenvalue weighted by Gasteiger charge is 2.19. The van der Waals surface area contributed by atoms with Gasteiger partial charge in [-0.3, -0.25) is 9.59 Å². The van der Waals surface area contributed by atoms with Crippen LogP contribution in [0.1, 0.15) is 156 Å². The molecule has 0 fully saturated rings. The Morgan fingerprint density at radius 1 is 0.526 bits per heavy atom. The largest absolute Gasteiger partial charge is 0.490 e. The molecule has 0 unspecified atom stereocenters. The fourth-order valence-electron chi connectivity index (χ4n) is 4.47. The van der Waals surface area contributed by atoms with Crippen LogP contribution in [0, 0.1) is 0 Å². The Kier molecular flexibility index (Phi) is 21.5. The first-order chi connectivity index (χ1) is 18.6. The maximum absolute atomic E-state index is 12.7. The minimum atomic E-state index is -0.305. The summed E-state index contributed by atoms with van der Waals surface area (Å²) >= 11 is 0. The molecule has 0 aliphatic rings. The molecule has 0 saturated heterocycles. The van der Waals surface area contributed by atoms with E-state index in [4.69, 9.17) is 14.2 Å². The van der Waals surface area contributed by atoms with E-state index in [1.54, 1.807) is 18.2 Å². The van der Waals surface area contributed by atoms with Gasteiger partial charge in [-0.25, -0.2) is 0 Å². The number of rotatable bonds is 25. The summed E-state index contributed by atoms with van der Waals surface area (Å²) in [5.41, 5.74) is 0. The van der Waals surface area contributed by atoms with E-state index in [2.05, 4.69) is 20.8 Å². The van der Waals surface area contributed by atoms with E-state index in [0.717, 1.165) is 51.4 Å². The van der Waals surface area contributed by atoms with Crippen molar-refractivity contribution in [2.45, 2.75) is 156 Å². The van der Waals surface area contributed by atoms with Crippen molar-refractivity contribution in [2.24, 2.45) is 0 Å². The number of esters is 2. The average Bonchev–Trinajstić information content (AvgIpc) is 2.91. The quantitative estimate of drug-likeness (QED) is 0.0712. The predicted octanol–water partition coefficient (Wildman–Crippen LogP) is 10.1. The third-order valence-electron chi connectivity index (χ3n) is 6.86. The fraction of sp³-hybridized carbons (Fsp3) is 0.758. The third kappa shape index (κ3) is 17.5. The number of benzene rings is 1. The molecular formula is C33H56O5. The van der Waals surface area contributed by atoms with Crippen molar-refractivity contribution in [3.63, 3.8) is 0 Å². The van der Waals surface area contributed by atoms with Gasteiger partial charge in [-0.2, -0.15) is 0 Å². The summed E-state index contributed by atoms with van der Waals surface area (Å²) in [6.45, 7) is 7.17. The van der Waals surface area contributed by atoms with Gasteiger partial charge < -0.3 is 14.2 Å². The molecule has 5 heteroatoms. The van der Waals surface area contributed by atoms with E-state index in [9.17, 15) is 9.59 Å². The number of carbonyl (C=O) groups excluding carboxylic acids is 2. The van der Waals surface area contributed by atoms with Crippen LogP contribution in [0.5, 0.6) is 17.2 Å². The predicted molar refractivity (Wildman–Crippen MR) is 157 cm³/mol. The number of unbranched alkanes of at least 4 members (excludes halogenated alkanes) is 16. The Balaban J connectivity index is 2.67. The number of ether oxygens (including phenoxy) is 3. The summed E-state index contributed by atoms with van der Waals surface area (Å²) < 4.78 is 17.5. The highest BCUT2D eigenvalue weighted by Crippen LogP contribution is 2.38. The summed E-state index contributed by atoms with van der Waals surface area (Å²) in [4.78, 5) is 25.2. The zero-order valence-electron chi connectivity index (χ0n) is 24.8. The number of para-hydroxylation sites is 1. The van der Waals surface area contributed by atoms with Crippen molar-refractivity contribution in [3.05, 3.63) is 18.2 Å². The Hall–Kier alpha value is -2.04. The van der Waals surface area contributed by atoms with Gasteiger partial charge >= 0.3 is 11.9 Å². The van der Waals surface area contributed by atoms with Gasteiger partial charge in [-0.1, -0.05) is 130 Å². The summed E-state index contributed by atoms with van der Waals surface area (Å²) in [6.07, 6.45) is 22.3. The molecule has 0 N–H and O–H groups in total. The maximum Gasteiger partial charge on any atom is 0.311 e. The Labute approximate surface area is 233 Å². The molecule has 0 aromatic heterocycles. The minimum Gasteiger partial charge on any atom is -0.490 e. The van der Waals surface area contributed by atoms with Crippen LogP contribution in [-0.2, 0) is 9.59 Å². The van der Waals surface area contributed by atoms with Gasteiger partial charge in [0.15, 0.2) is 11.5 Å². The highest BCUT2D eigenvalue weighted by atomic mass is 16.6. The van der Waals surface area contributed by atoms with Crippen molar-refractivity contribution in [1.82, 2.24) is 0 Å². The van der Waals surface area contributed by atoms with Crippen LogP contribution in [0.3, 0.4) is 0 Å². The van der Waals surface area contributed by atoms with Gasteiger partial charge in [-0.15, -0.1) is 0 Å². The van der Waals surface area contributed by atoms with Crippen LogP contribution < -0.4 is 14.2 Å². The topological polar surface area (TPSA) is 61.8 Å². The van der Waals surface area contributed by atoms with Crippen molar-refractivity contribution >= 4 is 11.9 Å². The first-order valence-corrected chi connectivity index (χ1v) is 15.8. The van der Waals surface area contributed by atoms with Gasteiger partial charge in [0.25, 0.3) is 0 Å². The Morgan fingerprint density at radius 3 is 1.47 bits per heavy atom. The smallest absolute Gasteiger partial charge is 0.311 e. The lowest BCUT2D eigenvalue weighted by molar-refractivity contribution is -0.137. The van der Waals surface area contributed by atoms with Crippen LogP contribution in [-0.4, -0.2) is 18.5 Å². The van der Waals surface area contributed by atoms with Crippen LogP contribution in [0.4, 0.5) is 0 Å². The SMILES string of the molecule is CCCCCCCCCOc1cccc(OC(=O)CCCCCCCC)c1OC(=O)CCCCCCCC. The zero-order chi connectivity index (χ0) is 27.7. The molecule has 1 rings (SSSR count). The monoisotopic (exact) mass is 532 g/mol. The zero-order valence-corrected chi connectivity index (χ0v) is 24.8. The van der Waals surface area contributed by atoms with Crippen molar-refractivity contribution in [2.75, 3.05) is 6.61 Å². The highest BCUT2D eigenvalue weighted by molar-refractivity contribution is 5.77. The molecule has 1 aromatic rings. The van der Waals surface area contributed by atoms with Gasteiger partial charge in [0, 0.05) is 12.8 Å². The second-order valence-corrected chi connectivity index (χ2v) is 10.5. The summed E-state index contributed by atoms with van der Waals surface area (Å²) in [7, 11) is 0. The molecule has 0 spiro atoms. The molecule has 5 nitrogen and oxygen atoms in total. The van der Waals surface area contributed by atoms with Crippen molar-refractivity contribution < 1.29 is 23.8 Å². The summed E-state index contributed by atoms with van der Waals surface area (Å²) in [5, 5.41) is 0. The molecule has 0 saturated carbocycles. The minimum absolute atomic E-state index is 0.239. The number of carbonyl (C=O) groups is 2.